The van der Waals surface area contributed by atoms with Crippen molar-refractivity contribution >= 4 is 12.1 Å². The number of hydrazone groups is 1. The van der Waals surface area contributed by atoms with Crippen LogP contribution in [-0.2, 0) is 0 Å². The van der Waals surface area contributed by atoms with E-state index in [0.29, 0.717) is 24.0 Å². The van der Waals surface area contributed by atoms with E-state index >= 15 is 0 Å². The van der Waals surface area contributed by atoms with Crippen molar-refractivity contribution in [2.45, 2.75) is 13.8 Å². The number of methoxy groups -OCH3 is 1. The van der Waals surface area contributed by atoms with Gasteiger partial charge in [0.05, 0.1) is 26.2 Å². The van der Waals surface area contributed by atoms with Crippen molar-refractivity contribution < 1.29 is 18.7 Å². The molecule has 0 fully saturated rings. The van der Waals surface area contributed by atoms with Gasteiger partial charge in [-0.3, -0.25) is 4.79 Å². The highest BCUT2D eigenvalue weighted by molar-refractivity contribution is 5.92. The largest absolute Gasteiger partial charge is 0.493 e. The first kappa shape index (κ1) is 16.6. The molecule has 0 bridgehead atoms. The number of hydrogen-bond acceptors (Lipinski definition) is 5. The fourth-order valence-corrected chi connectivity index (χ4v) is 1.77. The van der Waals surface area contributed by atoms with Crippen LogP contribution in [0.4, 0.5) is 0 Å². The van der Waals surface area contributed by atoms with Crippen molar-refractivity contribution in [3.05, 3.63) is 47.9 Å². The lowest BCUT2D eigenvalue weighted by atomic mass is 10.2. The van der Waals surface area contributed by atoms with Gasteiger partial charge in [0.25, 0.3) is 0 Å². The van der Waals surface area contributed by atoms with Crippen LogP contribution in [0, 0.1) is 5.92 Å². The molecule has 0 atom stereocenters. The van der Waals surface area contributed by atoms with E-state index in [4.69, 9.17) is 13.9 Å². The van der Waals surface area contributed by atoms with Crippen LogP contribution in [0.2, 0.25) is 0 Å². The van der Waals surface area contributed by atoms with Crippen molar-refractivity contribution in [2.24, 2.45) is 11.0 Å². The molecule has 1 aromatic carbocycles. The molecular formula is C17H20N2O4. The zero-order valence-corrected chi connectivity index (χ0v) is 13.4. The molecule has 0 aliphatic heterocycles. The molecule has 0 aliphatic carbocycles. The summed E-state index contributed by atoms with van der Waals surface area (Å²) in [5.74, 6) is 1.52. The number of ether oxygens (including phenoxy) is 2. The zero-order chi connectivity index (χ0) is 16.7. The van der Waals surface area contributed by atoms with Crippen molar-refractivity contribution in [2.75, 3.05) is 13.7 Å². The minimum atomic E-state index is -0.407. The Kier molecular flexibility index (Phi) is 5.80. The Morgan fingerprint density at radius 1 is 1.35 bits per heavy atom. The van der Waals surface area contributed by atoms with Gasteiger partial charge in [0.2, 0.25) is 0 Å². The molecule has 0 aliphatic rings. The molecule has 0 saturated heterocycles. The Hall–Kier alpha value is -2.76. The Labute approximate surface area is 135 Å². The van der Waals surface area contributed by atoms with Crippen molar-refractivity contribution in [1.82, 2.24) is 5.43 Å². The minimum Gasteiger partial charge on any atom is -0.493 e. The maximum absolute atomic E-state index is 11.7. The van der Waals surface area contributed by atoms with Crippen molar-refractivity contribution in [3.8, 4) is 11.5 Å². The van der Waals surface area contributed by atoms with E-state index in [0.717, 1.165) is 5.56 Å². The van der Waals surface area contributed by atoms with Gasteiger partial charge < -0.3 is 13.9 Å². The van der Waals surface area contributed by atoms with Gasteiger partial charge >= 0.3 is 5.91 Å². The van der Waals surface area contributed by atoms with Gasteiger partial charge in [0, 0.05) is 0 Å². The number of benzene rings is 1. The zero-order valence-electron chi connectivity index (χ0n) is 13.4. The van der Waals surface area contributed by atoms with E-state index < -0.39 is 5.91 Å². The SMILES string of the molecule is COc1cc(/C=N\NC(=O)c2ccco2)ccc1OCC(C)C. The highest BCUT2D eigenvalue weighted by atomic mass is 16.5. The maximum Gasteiger partial charge on any atom is 0.307 e. The summed E-state index contributed by atoms with van der Waals surface area (Å²) in [4.78, 5) is 11.7. The summed E-state index contributed by atoms with van der Waals surface area (Å²) in [7, 11) is 1.58. The first-order valence-corrected chi connectivity index (χ1v) is 7.28. The van der Waals surface area contributed by atoms with E-state index in [2.05, 4.69) is 24.4 Å². The summed E-state index contributed by atoms with van der Waals surface area (Å²) in [6.45, 7) is 4.77. The first-order chi connectivity index (χ1) is 11.1. The Balaban J connectivity index is 1.99. The second-order valence-corrected chi connectivity index (χ2v) is 5.29. The molecule has 23 heavy (non-hydrogen) atoms. The van der Waals surface area contributed by atoms with Gasteiger partial charge in [0.1, 0.15) is 0 Å². The van der Waals surface area contributed by atoms with Gasteiger partial charge in [-0.15, -0.1) is 0 Å². The summed E-state index contributed by atoms with van der Waals surface area (Å²) in [6, 6.07) is 8.64. The fraction of sp³-hybridized carbons (Fsp3) is 0.294. The number of amides is 1. The molecule has 0 radical (unpaired) electrons. The van der Waals surface area contributed by atoms with Crippen LogP contribution in [0.5, 0.6) is 11.5 Å². The molecule has 6 nitrogen and oxygen atoms in total. The standard InChI is InChI=1S/C17H20N2O4/c1-12(2)11-23-14-7-6-13(9-16(14)21-3)10-18-19-17(20)15-5-4-8-22-15/h4-10,12H,11H2,1-3H3,(H,19,20)/b18-10-. The molecule has 0 unspecified atom stereocenters. The number of hydrogen-bond donors (Lipinski definition) is 1. The summed E-state index contributed by atoms with van der Waals surface area (Å²) in [6.07, 6.45) is 2.95. The quantitative estimate of drug-likeness (QED) is 0.629. The van der Waals surface area contributed by atoms with Gasteiger partial charge in [-0.2, -0.15) is 5.10 Å². The van der Waals surface area contributed by atoms with Crippen LogP contribution in [0.3, 0.4) is 0 Å². The third-order valence-electron chi connectivity index (χ3n) is 2.88. The second kappa shape index (κ2) is 8.03. The van der Waals surface area contributed by atoms with Crippen LogP contribution < -0.4 is 14.9 Å². The van der Waals surface area contributed by atoms with Crippen LogP contribution in [-0.4, -0.2) is 25.8 Å². The van der Waals surface area contributed by atoms with Gasteiger partial charge in [0.15, 0.2) is 17.3 Å². The molecule has 0 spiro atoms. The van der Waals surface area contributed by atoms with Crippen LogP contribution >= 0.6 is 0 Å². The number of nitrogens with one attached hydrogen (secondary N) is 1. The van der Waals surface area contributed by atoms with Crippen LogP contribution in [0.15, 0.2) is 46.1 Å². The van der Waals surface area contributed by atoms with E-state index in [1.165, 1.54) is 12.5 Å². The predicted octanol–water partition coefficient (Wildman–Crippen LogP) is 3.09. The Morgan fingerprint density at radius 2 is 2.17 bits per heavy atom. The molecule has 6 heteroatoms. The smallest absolute Gasteiger partial charge is 0.307 e. The van der Waals surface area contributed by atoms with Crippen LogP contribution in [0.1, 0.15) is 30.0 Å². The average Bonchev–Trinajstić information content (AvgIpc) is 3.07. The molecule has 1 amide bonds. The highest BCUT2D eigenvalue weighted by Crippen LogP contribution is 2.27. The Morgan fingerprint density at radius 3 is 2.83 bits per heavy atom. The topological polar surface area (TPSA) is 73.1 Å². The van der Waals surface area contributed by atoms with E-state index in [9.17, 15) is 4.79 Å². The van der Waals surface area contributed by atoms with E-state index in [1.807, 2.05) is 12.1 Å². The number of furan rings is 1. The highest BCUT2D eigenvalue weighted by Gasteiger charge is 2.07. The van der Waals surface area contributed by atoms with Crippen LogP contribution in [0.25, 0.3) is 0 Å². The molecule has 1 N–H and O–H groups in total. The third-order valence-corrected chi connectivity index (χ3v) is 2.88. The number of rotatable bonds is 7. The Bertz CT molecular complexity index is 663. The number of carbonyl (C=O) groups is 1. The fourth-order valence-electron chi connectivity index (χ4n) is 1.77. The molecule has 1 heterocycles. The lowest BCUT2D eigenvalue weighted by Crippen LogP contribution is -2.16. The summed E-state index contributed by atoms with van der Waals surface area (Å²) in [5, 5.41) is 3.90. The molecule has 122 valence electrons. The lowest BCUT2D eigenvalue weighted by Gasteiger charge is -2.12. The second-order valence-electron chi connectivity index (χ2n) is 5.29. The average molecular weight is 316 g/mol. The van der Waals surface area contributed by atoms with Crippen molar-refractivity contribution in [3.63, 3.8) is 0 Å². The molecular weight excluding hydrogens is 296 g/mol. The third kappa shape index (κ3) is 4.88. The van der Waals surface area contributed by atoms with Gasteiger partial charge in [-0.25, -0.2) is 5.43 Å². The minimum absolute atomic E-state index is 0.206. The van der Waals surface area contributed by atoms with Gasteiger partial charge in [-0.05, 0) is 41.8 Å². The normalized spacial score (nSPS) is 11.0. The predicted molar refractivity (Wildman–Crippen MR) is 87.1 cm³/mol. The monoisotopic (exact) mass is 316 g/mol. The first-order valence-electron chi connectivity index (χ1n) is 7.28. The summed E-state index contributed by atoms with van der Waals surface area (Å²) in [5.41, 5.74) is 3.17. The summed E-state index contributed by atoms with van der Waals surface area (Å²) >= 11 is 0. The molecule has 2 aromatic rings. The summed E-state index contributed by atoms with van der Waals surface area (Å²) < 4.78 is 16.0. The van der Waals surface area contributed by atoms with E-state index in [-0.39, 0.29) is 5.76 Å². The maximum atomic E-state index is 11.7. The molecule has 0 saturated carbocycles. The number of carbonyl (C=O) groups excluding carboxylic acids is 1. The van der Waals surface area contributed by atoms with Gasteiger partial charge in [-0.1, -0.05) is 13.8 Å². The van der Waals surface area contributed by atoms with Crippen molar-refractivity contribution in [1.29, 1.82) is 0 Å². The molecule has 1 aromatic heterocycles. The molecule has 2 rings (SSSR count). The lowest BCUT2D eigenvalue weighted by molar-refractivity contribution is 0.0927. The number of nitrogens with zero attached hydrogens (tertiary/aromatic N) is 1. The van der Waals surface area contributed by atoms with E-state index in [1.54, 1.807) is 25.3 Å².